The lowest BCUT2D eigenvalue weighted by atomic mass is 10.2. The van der Waals surface area contributed by atoms with E-state index in [1.165, 1.54) is 0 Å². The summed E-state index contributed by atoms with van der Waals surface area (Å²) in [5, 5.41) is 9.97. The first kappa shape index (κ1) is 13.5. The Kier molecular flexibility index (Phi) is 4.07. The van der Waals surface area contributed by atoms with Gasteiger partial charge in [0.2, 0.25) is 0 Å². The predicted octanol–water partition coefficient (Wildman–Crippen LogP) is 1.51. The van der Waals surface area contributed by atoms with Crippen molar-refractivity contribution in [2.45, 2.75) is 6.18 Å². The Labute approximate surface area is 96.8 Å². The lowest BCUT2D eigenvalue weighted by molar-refractivity contribution is -0.144. The molecule has 0 aliphatic carbocycles. The predicted molar refractivity (Wildman–Crippen MR) is 50.4 cm³/mol. The number of hydrogen-bond acceptors (Lipinski definition) is 4. The van der Waals surface area contributed by atoms with Crippen LogP contribution >= 0.6 is 11.3 Å². The van der Waals surface area contributed by atoms with E-state index in [0.717, 1.165) is 10.8 Å². The fourth-order valence-electron chi connectivity index (χ4n) is 0.911. The van der Waals surface area contributed by atoms with Crippen molar-refractivity contribution in [3.05, 3.63) is 21.9 Å². The molecule has 0 bridgehead atoms. The van der Waals surface area contributed by atoms with Gasteiger partial charge in [-0.25, -0.2) is 10.3 Å². The fraction of sp³-hybridized carbons (Fsp3) is 0.250. The first-order valence-electron chi connectivity index (χ1n) is 4.09. The van der Waals surface area contributed by atoms with Crippen molar-refractivity contribution in [3.8, 4) is 0 Å². The molecule has 1 aromatic heterocycles. The standard InChI is InChI=1S/C8H6F3NO4S/c9-8(10,11)5-3-17-2-4(5)7(15)12-16-1-6(13)14/h2-3H,1H2,(H,12,15)(H,13,14). The highest BCUT2D eigenvalue weighted by Crippen LogP contribution is 2.34. The van der Waals surface area contributed by atoms with Crippen molar-refractivity contribution < 1.29 is 32.7 Å². The number of hydroxylamine groups is 1. The summed E-state index contributed by atoms with van der Waals surface area (Å²) in [6.45, 7) is -0.836. The van der Waals surface area contributed by atoms with E-state index in [-0.39, 0.29) is 0 Å². The van der Waals surface area contributed by atoms with E-state index in [1.807, 2.05) is 0 Å². The number of rotatable bonds is 4. The van der Waals surface area contributed by atoms with Crippen LogP contribution in [-0.4, -0.2) is 23.6 Å². The van der Waals surface area contributed by atoms with Crippen LogP contribution in [-0.2, 0) is 15.8 Å². The van der Waals surface area contributed by atoms with Crippen LogP contribution in [0.25, 0.3) is 0 Å². The maximum Gasteiger partial charge on any atom is 0.417 e. The van der Waals surface area contributed by atoms with Gasteiger partial charge < -0.3 is 5.11 Å². The molecule has 1 heterocycles. The van der Waals surface area contributed by atoms with Crippen LogP contribution in [0, 0.1) is 0 Å². The summed E-state index contributed by atoms with van der Waals surface area (Å²) in [5.74, 6) is -2.49. The first-order chi connectivity index (χ1) is 7.82. The number of aliphatic carboxylic acids is 1. The summed E-state index contributed by atoms with van der Waals surface area (Å²) in [4.78, 5) is 25.5. The minimum atomic E-state index is -4.64. The second-order valence-electron chi connectivity index (χ2n) is 2.81. The second kappa shape index (κ2) is 5.15. The largest absolute Gasteiger partial charge is 0.479 e. The third-order valence-corrected chi connectivity index (χ3v) is 2.32. The third kappa shape index (κ3) is 3.71. The van der Waals surface area contributed by atoms with Crippen molar-refractivity contribution >= 4 is 23.2 Å². The summed E-state index contributed by atoms with van der Waals surface area (Å²) in [6, 6.07) is 0. The Morgan fingerprint density at radius 1 is 1.41 bits per heavy atom. The average Bonchev–Trinajstić information content (AvgIpc) is 2.64. The molecular weight excluding hydrogens is 263 g/mol. The molecule has 1 rings (SSSR count). The zero-order valence-corrected chi connectivity index (χ0v) is 8.89. The van der Waals surface area contributed by atoms with Gasteiger partial charge in [0.25, 0.3) is 5.91 Å². The number of carboxylic acid groups (broad SMARTS) is 1. The van der Waals surface area contributed by atoms with Crippen molar-refractivity contribution in [2.75, 3.05) is 6.61 Å². The highest BCUT2D eigenvalue weighted by atomic mass is 32.1. The summed E-state index contributed by atoms with van der Waals surface area (Å²) >= 11 is 0.708. The molecule has 1 amide bonds. The molecule has 94 valence electrons. The lowest BCUT2D eigenvalue weighted by Crippen LogP contribution is -2.28. The average molecular weight is 269 g/mol. The lowest BCUT2D eigenvalue weighted by Gasteiger charge is -2.07. The van der Waals surface area contributed by atoms with Gasteiger partial charge in [-0.2, -0.15) is 24.5 Å². The van der Waals surface area contributed by atoms with Crippen LogP contribution in [0.15, 0.2) is 10.8 Å². The number of thiophene rings is 1. The van der Waals surface area contributed by atoms with Crippen molar-refractivity contribution in [2.24, 2.45) is 0 Å². The van der Waals surface area contributed by atoms with Crippen LogP contribution in [0.5, 0.6) is 0 Å². The molecule has 0 aliphatic rings. The van der Waals surface area contributed by atoms with Gasteiger partial charge in [-0.05, 0) is 0 Å². The normalized spacial score (nSPS) is 11.2. The van der Waals surface area contributed by atoms with Crippen molar-refractivity contribution in [1.82, 2.24) is 5.48 Å². The summed E-state index contributed by atoms with van der Waals surface area (Å²) in [5.41, 5.74) is -0.0723. The van der Waals surface area contributed by atoms with Gasteiger partial charge in [0.05, 0.1) is 11.1 Å². The number of carboxylic acids is 1. The number of halogens is 3. The van der Waals surface area contributed by atoms with Crippen LogP contribution in [0.3, 0.4) is 0 Å². The molecule has 9 heteroatoms. The van der Waals surface area contributed by atoms with Gasteiger partial charge in [0.15, 0.2) is 6.61 Å². The fourth-order valence-corrected chi connectivity index (χ4v) is 1.75. The van der Waals surface area contributed by atoms with E-state index in [0.29, 0.717) is 11.3 Å². The Morgan fingerprint density at radius 3 is 2.59 bits per heavy atom. The molecule has 0 saturated heterocycles. The second-order valence-corrected chi connectivity index (χ2v) is 3.55. The zero-order chi connectivity index (χ0) is 13.1. The van der Waals surface area contributed by atoms with Gasteiger partial charge in [-0.1, -0.05) is 0 Å². The molecule has 0 aliphatic heterocycles. The topological polar surface area (TPSA) is 75.6 Å². The van der Waals surface area contributed by atoms with E-state index in [4.69, 9.17) is 5.11 Å². The molecule has 0 spiro atoms. The number of alkyl halides is 3. The first-order valence-corrected chi connectivity index (χ1v) is 5.04. The molecule has 2 N–H and O–H groups in total. The van der Waals surface area contributed by atoms with E-state index in [1.54, 1.807) is 5.48 Å². The van der Waals surface area contributed by atoms with E-state index >= 15 is 0 Å². The van der Waals surface area contributed by atoms with Gasteiger partial charge in [-0.3, -0.25) is 9.63 Å². The Bertz CT molecular complexity index is 429. The molecular formula is C8H6F3NO4S. The van der Waals surface area contributed by atoms with E-state index in [9.17, 15) is 22.8 Å². The maximum absolute atomic E-state index is 12.4. The van der Waals surface area contributed by atoms with Crippen molar-refractivity contribution in [3.63, 3.8) is 0 Å². The number of nitrogens with one attached hydrogen (secondary N) is 1. The third-order valence-electron chi connectivity index (χ3n) is 1.57. The number of carbonyl (C=O) groups is 2. The molecule has 5 nitrogen and oxygen atoms in total. The molecule has 0 unspecified atom stereocenters. The van der Waals surface area contributed by atoms with E-state index < -0.39 is 35.8 Å². The van der Waals surface area contributed by atoms with Gasteiger partial charge >= 0.3 is 12.1 Å². The minimum absolute atomic E-state index is 0.604. The van der Waals surface area contributed by atoms with Crippen LogP contribution in [0.1, 0.15) is 15.9 Å². The van der Waals surface area contributed by atoms with Crippen molar-refractivity contribution in [1.29, 1.82) is 0 Å². The maximum atomic E-state index is 12.4. The molecule has 0 fully saturated rings. The van der Waals surface area contributed by atoms with Crippen LogP contribution in [0.4, 0.5) is 13.2 Å². The Hall–Kier alpha value is -1.61. The van der Waals surface area contributed by atoms with Gasteiger partial charge in [0, 0.05) is 10.8 Å². The molecule has 1 aromatic rings. The monoisotopic (exact) mass is 269 g/mol. The molecule has 17 heavy (non-hydrogen) atoms. The molecule has 0 radical (unpaired) electrons. The van der Waals surface area contributed by atoms with Gasteiger partial charge in [-0.15, -0.1) is 0 Å². The van der Waals surface area contributed by atoms with Gasteiger partial charge in [0.1, 0.15) is 0 Å². The number of hydrogen-bond donors (Lipinski definition) is 2. The molecule has 0 atom stereocenters. The molecule has 0 saturated carbocycles. The highest BCUT2D eigenvalue weighted by Gasteiger charge is 2.36. The van der Waals surface area contributed by atoms with E-state index in [2.05, 4.69) is 4.84 Å². The summed E-state index contributed by atoms with van der Waals surface area (Å²) in [7, 11) is 0. The highest BCUT2D eigenvalue weighted by molar-refractivity contribution is 7.08. The SMILES string of the molecule is O=C(O)CONC(=O)c1cscc1C(F)(F)F. The quantitative estimate of drug-likeness (QED) is 0.812. The zero-order valence-electron chi connectivity index (χ0n) is 8.08. The van der Waals surface area contributed by atoms with Crippen LogP contribution < -0.4 is 5.48 Å². The minimum Gasteiger partial charge on any atom is -0.479 e. The van der Waals surface area contributed by atoms with Crippen LogP contribution in [0.2, 0.25) is 0 Å². The smallest absolute Gasteiger partial charge is 0.417 e. The summed E-state index contributed by atoms with van der Waals surface area (Å²) in [6.07, 6.45) is -4.64. The Morgan fingerprint density at radius 2 is 2.06 bits per heavy atom. The number of carbonyl (C=O) groups excluding carboxylic acids is 1. The Balaban J connectivity index is 2.70. The number of amides is 1. The summed E-state index contributed by atoms with van der Waals surface area (Å²) < 4.78 is 37.2. The molecule has 0 aromatic carbocycles.